The van der Waals surface area contributed by atoms with Crippen LogP contribution in [0.15, 0.2) is 60.7 Å². The third kappa shape index (κ3) is 1.62. The van der Waals surface area contributed by atoms with Crippen LogP contribution in [-0.2, 0) is 13.1 Å². The van der Waals surface area contributed by atoms with Crippen LogP contribution in [0.3, 0.4) is 0 Å². The van der Waals surface area contributed by atoms with Crippen molar-refractivity contribution in [2.75, 3.05) is 0 Å². The molecule has 0 unspecified atom stereocenters. The minimum atomic E-state index is 0.559. The van der Waals surface area contributed by atoms with Crippen molar-refractivity contribution in [3.8, 4) is 0 Å². The summed E-state index contributed by atoms with van der Waals surface area (Å²) < 4.78 is 0. The molecule has 0 amide bonds. The average Bonchev–Trinajstić information content (AvgIpc) is 2.65. The second kappa shape index (κ2) is 4.91. The zero-order valence-electron chi connectivity index (χ0n) is 13.3. The fourth-order valence-electron chi connectivity index (χ4n) is 4.19. The summed E-state index contributed by atoms with van der Waals surface area (Å²) in [6, 6.07) is 21.9. The Morgan fingerprint density at radius 1 is 0.458 bits per heavy atom. The first-order valence-corrected chi connectivity index (χ1v) is 8.33. The maximum Gasteiger partial charge on any atom is 0.0184 e. The molecule has 5 aromatic rings. The highest BCUT2D eigenvalue weighted by Crippen LogP contribution is 2.41. The lowest BCUT2D eigenvalue weighted by atomic mass is 9.87. The maximum absolute atomic E-state index is 5.97. The SMILES string of the molecule is NCc1ccc2c3cccc4c(CN)ccc(c5cccc1c52)c43. The van der Waals surface area contributed by atoms with Crippen molar-refractivity contribution in [1.29, 1.82) is 0 Å². The van der Waals surface area contributed by atoms with Gasteiger partial charge in [-0.3, -0.25) is 0 Å². The predicted molar refractivity (Wildman–Crippen MR) is 103 cm³/mol. The monoisotopic (exact) mass is 310 g/mol. The smallest absolute Gasteiger partial charge is 0.0184 e. The first-order chi connectivity index (χ1) is 11.8. The third-order valence-corrected chi connectivity index (χ3v) is 5.28. The highest BCUT2D eigenvalue weighted by molar-refractivity contribution is 6.33. The molecule has 2 heteroatoms. The summed E-state index contributed by atoms with van der Waals surface area (Å²) in [5, 5.41) is 10.4. The largest absolute Gasteiger partial charge is 0.326 e. The number of nitrogens with two attached hydrogens (primary N) is 2. The van der Waals surface area contributed by atoms with Crippen molar-refractivity contribution in [3.05, 3.63) is 71.8 Å². The van der Waals surface area contributed by atoms with E-state index in [-0.39, 0.29) is 0 Å². The van der Waals surface area contributed by atoms with Gasteiger partial charge in [-0.15, -0.1) is 0 Å². The van der Waals surface area contributed by atoms with Crippen LogP contribution >= 0.6 is 0 Å². The second-order valence-corrected chi connectivity index (χ2v) is 6.41. The zero-order chi connectivity index (χ0) is 16.3. The van der Waals surface area contributed by atoms with Gasteiger partial charge in [-0.25, -0.2) is 0 Å². The van der Waals surface area contributed by atoms with Crippen LogP contribution in [0.1, 0.15) is 11.1 Å². The molecular weight excluding hydrogens is 292 g/mol. The molecule has 0 aliphatic rings. The summed E-state index contributed by atoms with van der Waals surface area (Å²) in [6.07, 6.45) is 0. The van der Waals surface area contributed by atoms with Crippen LogP contribution < -0.4 is 11.5 Å². The van der Waals surface area contributed by atoms with E-state index in [1.54, 1.807) is 0 Å². The minimum Gasteiger partial charge on any atom is -0.326 e. The first-order valence-electron chi connectivity index (χ1n) is 8.33. The van der Waals surface area contributed by atoms with E-state index in [2.05, 4.69) is 60.7 Å². The molecule has 2 nitrogen and oxygen atoms in total. The first kappa shape index (κ1) is 13.7. The summed E-state index contributed by atoms with van der Waals surface area (Å²) in [4.78, 5) is 0. The van der Waals surface area contributed by atoms with Crippen molar-refractivity contribution in [2.45, 2.75) is 13.1 Å². The fourth-order valence-corrected chi connectivity index (χ4v) is 4.19. The van der Waals surface area contributed by atoms with E-state index in [4.69, 9.17) is 11.5 Å². The summed E-state index contributed by atoms with van der Waals surface area (Å²) >= 11 is 0. The van der Waals surface area contributed by atoms with Gasteiger partial charge in [0, 0.05) is 13.1 Å². The Morgan fingerprint density at radius 3 is 1.25 bits per heavy atom. The highest BCUT2D eigenvalue weighted by Gasteiger charge is 2.14. The molecule has 24 heavy (non-hydrogen) atoms. The molecule has 4 N–H and O–H groups in total. The van der Waals surface area contributed by atoms with Gasteiger partial charge in [0.1, 0.15) is 0 Å². The van der Waals surface area contributed by atoms with E-state index < -0.39 is 0 Å². The molecule has 0 bridgehead atoms. The molecule has 0 aromatic heterocycles. The number of rotatable bonds is 2. The summed E-state index contributed by atoms with van der Waals surface area (Å²) in [5.41, 5.74) is 14.3. The molecule has 5 aromatic carbocycles. The Bertz CT molecular complexity index is 1100. The maximum atomic E-state index is 5.97. The van der Waals surface area contributed by atoms with Crippen LogP contribution in [-0.4, -0.2) is 0 Å². The van der Waals surface area contributed by atoms with E-state index >= 15 is 0 Å². The molecule has 0 spiro atoms. The number of hydrogen-bond donors (Lipinski definition) is 2. The topological polar surface area (TPSA) is 52.0 Å². The highest BCUT2D eigenvalue weighted by atomic mass is 14.5. The Kier molecular flexibility index (Phi) is 2.81. The van der Waals surface area contributed by atoms with Gasteiger partial charge in [0.15, 0.2) is 0 Å². The van der Waals surface area contributed by atoms with E-state index in [9.17, 15) is 0 Å². The molecule has 0 aliphatic carbocycles. The van der Waals surface area contributed by atoms with E-state index in [1.165, 1.54) is 54.2 Å². The van der Waals surface area contributed by atoms with Crippen molar-refractivity contribution < 1.29 is 0 Å². The molecule has 116 valence electrons. The fraction of sp³-hybridized carbons (Fsp3) is 0.0909. The van der Waals surface area contributed by atoms with Gasteiger partial charge in [-0.2, -0.15) is 0 Å². The Balaban J connectivity index is 2.17. The molecule has 0 fully saturated rings. The molecule has 5 rings (SSSR count). The number of hydrogen-bond acceptors (Lipinski definition) is 2. The summed E-state index contributed by atoms with van der Waals surface area (Å²) in [7, 11) is 0. The van der Waals surface area contributed by atoms with Crippen LogP contribution in [0.2, 0.25) is 0 Å². The Morgan fingerprint density at radius 2 is 0.833 bits per heavy atom. The van der Waals surface area contributed by atoms with Crippen molar-refractivity contribution in [3.63, 3.8) is 0 Å². The quantitative estimate of drug-likeness (QED) is 0.368. The summed E-state index contributed by atoms with van der Waals surface area (Å²) in [6.45, 7) is 1.12. The molecule has 0 heterocycles. The van der Waals surface area contributed by atoms with Crippen molar-refractivity contribution >= 4 is 43.1 Å². The molecule has 0 aliphatic heterocycles. The normalized spacial score (nSPS) is 12.1. The second-order valence-electron chi connectivity index (χ2n) is 6.41. The van der Waals surface area contributed by atoms with Gasteiger partial charge in [-0.1, -0.05) is 60.7 Å². The van der Waals surface area contributed by atoms with Crippen LogP contribution in [0.5, 0.6) is 0 Å². The lowest BCUT2D eigenvalue weighted by molar-refractivity contribution is 1.09. The molecule has 0 radical (unpaired) electrons. The third-order valence-electron chi connectivity index (χ3n) is 5.28. The van der Waals surface area contributed by atoms with Gasteiger partial charge in [0.25, 0.3) is 0 Å². The van der Waals surface area contributed by atoms with Crippen LogP contribution in [0, 0.1) is 0 Å². The number of fused-ring (bicyclic) bond motifs is 2. The lowest BCUT2D eigenvalue weighted by Gasteiger charge is -2.17. The van der Waals surface area contributed by atoms with Crippen molar-refractivity contribution in [2.24, 2.45) is 11.5 Å². The van der Waals surface area contributed by atoms with Gasteiger partial charge >= 0.3 is 0 Å². The van der Waals surface area contributed by atoms with E-state index in [0.717, 1.165) is 0 Å². The summed E-state index contributed by atoms with van der Waals surface area (Å²) in [5.74, 6) is 0. The standard InChI is InChI=1S/C22H18N2/c23-11-13-7-10-20-18-6-2-4-16-14(12-24)8-9-19(22(16)18)17-5-1-3-15(13)21(17)20/h1-10H,11-12,23-24H2. The Hall–Kier alpha value is -2.68. The van der Waals surface area contributed by atoms with Gasteiger partial charge in [0.05, 0.1) is 0 Å². The van der Waals surface area contributed by atoms with Gasteiger partial charge < -0.3 is 11.5 Å². The minimum absolute atomic E-state index is 0.559. The molecule has 0 atom stereocenters. The molecule has 0 saturated heterocycles. The van der Waals surface area contributed by atoms with Crippen LogP contribution in [0.4, 0.5) is 0 Å². The van der Waals surface area contributed by atoms with Crippen molar-refractivity contribution in [1.82, 2.24) is 0 Å². The zero-order valence-corrected chi connectivity index (χ0v) is 13.3. The van der Waals surface area contributed by atoms with Gasteiger partial charge in [0.2, 0.25) is 0 Å². The average molecular weight is 310 g/mol. The number of benzene rings is 5. The van der Waals surface area contributed by atoms with E-state index in [1.807, 2.05) is 0 Å². The Labute approximate surface area is 140 Å². The predicted octanol–water partition coefficient (Wildman–Crippen LogP) is 4.65. The molecule has 0 saturated carbocycles. The van der Waals surface area contributed by atoms with Gasteiger partial charge in [-0.05, 0) is 54.2 Å². The van der Waals surface area contributed by atoms with E-state index in [0.29, 0.717) is 13.1 Å². The van der Waals surface area contributed by atoms with Crippen LogP contribution in [0.25, 0.3) is 43.1 Å². The molecular formula is C22H18N2. The lowest BCUT2D eigenvalue weighted by Crippen LogP contribution is -1.99.